The predicted molar refractivity (Wildman–Crippen MR) is 85.2 cm³/mol. The molecule has 0 atom stereocenters. The number of ether oxygens (including phenoxy) is 1. The maximum Gasteiger partial charge on any atom is 0.241 e. The Hall–Kier alpha value is -1.11. The van der Waals surface area contributed by atoms with Crippen LogP contribution < -0.4 is 14.8 Å². The molecular weight excluding hydrogens is 288 g/mol. The molecule has 0 heterocycles. The van der Waals surface area contributed by atoms with Gasteiger partial charge in [-0.2, -0.15) is 0 Å². The highest BCUT2D eigenvalue weighted by Gasteiger charge is 2.24. The summed E-state index contributed by atoms with van der Waals surface area (Å²) in [4.78, 5) is 0.253. The molecule has 120 valence electrons. The Balaban J connectivity index is 2.68. The van der Waals surface area contributed by atoms with Crippen molar-refractivity contribution >= 4 is 10.0 Å². The molecule has 0 spiro atoms. The van der Waals surface area contributed by atoms with Gasteiger partial charge in [0.1, 0.15) is 12.4 Å². The highest BCUT2D eigenvalue weighted by Crippen LogP contribution is 2.18. The Morgan fingerprint density at radius 1 is 1.14 bits per heavy atom. The minimum absolute atomic E-state index is 0.253. The second kappa shape index (κ2) is 7.77. The number of hydrogen-bond donors (Lipinski definition) is 2. The SMILES string of the molecule is CCNCCOc1ccc(S(=O)(=O)NC(C)(C)CC)cc1. The van der Waals surface area contributed by atoms with E-state index in [0.29, 0.717) is 12.4 Å². The van der Waals surface area contributed by atoms with E-state index in [1.165, 1.54) is 0 Å². The molecule has 1 aromatic rings. The lowest BCUT2D eigenvalue weighted by Gasteiger charge is -2.24. The average molecular weight is 314 g/mol. The molecular formula is C15H26N2O3S. The van der Waals surface area contributed by atoms with Crippen molar-refractivity contribution in [1.29, 1.82) is 0 Å². The fourth-order valence-electron chi connectivity index (χ4n) is 1.63. The van der Waals surface area contributed by atoms with E-state index in [2.05, 4.69) is 10.0 Å². The van der Waals surface area contributed by atoms with Gasteiger partial charge in [-0.1, -0.05) is 13.8 Å². The summed E-state index contributed by atoms with van der Waals surface area (Å²) in [5.41, 5.74) is -0.459. The Morgan fingerprint density at radius 2 is 1.76 bits per heavy atom. The molecule has 0 aliphatic carbocycles. The maximum atomic E-state index is 12.3. The number of sulfonamides is 1. The lowest BCUT2D eigenvalue weighted by Crippen LogP contribution is -2.42. The van der Waals surface area contributed by atoms with Gasteiger partial charge in [-0.15, -0.1) is 0 Å². The van der Waals surface area contributed by atoms with Gasteiger partial charge in [0.2, 0.25) is 10.0 Å². The third kappa shape index (κ3) is 6.03. The highest BCUT2D eigenvalue weighted by atomic mass is 32.2. The summed E-state index contributed by atoms with van der Waals surface area (Å²) in [6.07, 6.45) is 0.720. The Kier molecular flexibility index (Phi) is 6.64. The van der Waals surface area contributed by atoms with Crippen molar-refractivity contribution < 1.29 is 13.2 Å². The lowest BCUT2D eigenvalue weighted by atomic mass is 10.0. The fourth-order valence-corrected chi connectivity index (χ4v) is 3.11. The monoisotopic (exact) mass is 314 g/mol. The highest BCUT2D eigenvalue weighted by molar-refractivity contribution is 7.89. The maximum absolute atomic E-state index is 12.3. The normalized spacial score (nSPS) is 12.4. The molecule has 0 aliphatic rings. The van der Waals surface area contributed by atoms with E-state index in [0.717, 1.165) is 19.5 Å². The Bertz CT molecular complexity index is 524. The summed E-state index contributed by atoms with van der Waals surface area (Å²) in [5, 5.41) is 3.16. The molecule has 0 amide bonds. The molecule has 0 aliphatic heterocycles. The van der Waals surface area contributed by atoms with Crippen LogP contribution in [0.4, 0.5) is 0 Å². The number of benzene rings is 1. The molecule has 21 heavy (non-hydrogen) atoms. The molecule has 0 radical (unpaired) electrons. The topological polar surface area (TPSA) is 67.4 Å². The van der Waals surface area contributed by atoms with Crippen LogP contribution in [0.15, 0.2) is 29.2 Å². The van der Waals surface area contributed by atoms with Gasteiger partial charge >= 0.3 is 0 Å². The summed E-state index contributed by atoms with van der Waals surface area (Å²) in [6.45, 7) is 9.93. The molecule has 6 heteroatoms. The summed E-state index contributed by atoms with van der Waals surface area (Å²) in [7, 11) is -3.49. The van der Waals surface area contributed by atoms with E-state index in [1.807, 2.05) is 27.7 Å². The molecule has 1 rings (SSSR count). The third-order valence-corrected chi connectivity index (χ3v) is 4.94. The van der Waals surface area contributed by atoms with Crippen LogP contribution in [0.25, 0.3) is 0 Å². The van der Waals surface area contributed by atoms with E-state index in [4.69, 9.17) is 4.74 Å². The van der Waals surface area contributed by atoms with Crippen molar-refractivity contribution in [3.8, 4) is 5.75 Å². The van der Waals surface area contributed by atoms with Crippen molar-refractivity contribution in [1.82, 2.24) is 10.0 Å². The van der Waals surface area contributed by atoms with Gasteiger partial charge in [0.15, 0.2) is 0 Å². The summed E-state index contributed by atoms with van der Waals surface area (Å²) in [5.74, 6) is 0.668. The zero-order chi connectivity index (χ0) is 15.9. The van der Waals surface area contributed by atoms with Gasteiger partial charge in [-0.3, -0.25) is 0 Å². The predicted octanol–water partition coefficient (Wildman–Crippen LogP) is 2.14. The zero-order valence-corrected chi connectivity index (χ0v) is 14.1. The van der Waals surface area contributed by atoms with E-state index in [-0.39, 0.29) is 4.90 Å². The first-order valence-electron chi connectivity index (χ1n) is 7.28. The van der Waals surface area contributed by atoms with Crippen molar-refractivity contribution in [2.24, 2.45) is 0 Å². The standard InChI is InChI=1S/C15H26N2O3S/c1-5-15(3,4)17-21(18,19)14-9-7-13(8-10-14)20-12-11-16-6-2/h7-10,16-17H,5-6,11-12H2,1-4H3. The van der Waals surface area contributed by atoms with Gasteiger partial charge in [-0.05, 0) is 51.1 Å². The number of rotatable bonds is 9. The molecule has 5 nitrogen and oxygen atoms in total. The quantitative estimate of drug-likeness (QED) is 0.685. The molecule has 2 N–H and O–H groups in total. The van der Waals surface area contributed by atoms with Gasteiger partial charge < -0.3 is 10.1 Å². The van der Waals surface area contributed by atoms with Crippen LogP contribution >= 0.6 is 0 Å². The first-order chi connectivity index (χ1) is 9.80. The van der Waals surface area contributed by atoms with Gasteiger partial charge in [0.25, 0.3) is 0 Å². The first kappa shape index (κ1) is 17.9. The van der Waals surface area contributed by atoms with Gasteiger partial charge in [-0.25, -0.2) is 13.1 Å². The Labute approximate surface area is 128 Å². The first-order valence-corrected chi connectivity index (χ1v) is 8.76. The van der Waals surface area contributed by atoms with E-state index in [9.17, 15) is 8.42 Å². The van der Waals surface area contributed by atoms with Crippen LogP contribution in [0.3, 0.4) is 0 Å². The zero-order valence-electron chi connectivity index (χ0n) is 13.3. The average Bonchev–Trinajstić information content (AvgIpc) is 2.43. The van der Waals surface area contributed by atoms with E-state index >= 15 is 0 Å². The molecule has 0 saturated carbocycles. The largest absolute Gasteiger partial charge is 0.492 e. The lowest BCUT2D eigenvalue weighted by molar-refractivity contribution is 0.315. The summed E-state index contributed by atoms with van der Waals surface area (Å²) in [6, 6.07) is 6.49. The van der Waals surface area contributed by atoms with E-state index in [1.54, 1.807) is 24.3 Å². The second-order valence-corrected chi connectivity index (χ2v) is 7.20. The molecule has 1 aromatic carbocycles. The number of hydrogen-bond acceptors (Lipinski definition) is 4. The van der Waals surface area contributed by atoms with Crippen molar-refractivity contribution in [3.05, 3.63) is 24.3 Å². The van der Waals surface area contributed by atoms with E-state index < -0.39 is 15.6 Å². The minimum Gasteiger partial charge on any atom is -0.492 e. The van der Waals surface area contributed by atoms with Crippen molar-refractivity contribution in [2.45, 2.75) is 44.6 Å². The number of likely N-dealkylation sites (N-methyl/N-ethyl adjacent to an activating group) is 1. The van der Waals surface area contributed by atoms with Gasteiger partial charge in [0, 0.05) is 12.1 Å². The molecule has 0 fully saturated rings. The van der Waals surface area contributed by atoms with Crippen LogP contribution in [-0.2, 0) is 10.0 Å². The molecule has 0 saturated heterocycles. The summed E-state index contributed by atoms with van der Waals surface area (Å²) < 4.78 is 32.7. The van der Waals surface area contributed by atoms with Crippen molar-refractivity contribution in [2.75, 3.05) is 19.7 Å². The third-order valence-electron chi connectivity index (χ3n) is 3.23. The minimum atomic E-state index is -3.49. The van der Waals surface area contributed by atoms with Crippen LogP contribution in [0.5, 0.6) is 5.75 Å². The second-order valence-electron chi connectivity index (χ2n) is 5.52. The van der Waals surface area contributed by atoms with Crippen LogP contribution in [-0.4, -0.2) is 33.7 Å². The van der Waals surface area contributed by atoms with Crippen molar-refractivity contribution in [3.63, 3.8) is 0 Å². The smallest absolute Gasteiger partial charge is 0.241 e. The molecule has 0 aromatic heterocycles. The van der Waals surface area contributed by atoms with Crippen LogP contribution in [0.1, 0.15) is 34.1 Å². The van der Waals surface area contributed by atoms with Crippen LogP contribution in [0, 0.1) is 0 Å². The molecule has 0 unspecified atom stereocenters. The van der Waals surface area contributed by atoms with Crippen LogP contribution in [0.2, 0.25) is 0 Å². The fraction of sp³-hybridized carbons (Fsp3) is 0.600. The molecule has 0 bridgehead atoms. The number of nitrogens with one attached hydrogen (secondary N) is 2. The van der Waals surface area contributed by atoms with Gasteiger partial charge in [0.05, 0.1) is 4.90 Å². The summed E-state index contributed by atoms with van der Waals surface area (Å²) >= 11 is 0. The Morgan fingerprint density at radius 3 is 2.29 bits per heavy atom.